The minimum atomic E-state index is -0.682. The SMILES string of the molecule is Oc1cccc(C(O)CNCc2ccc(OCc3ccc(Cl)cc3Cl)cc2)c1.[Cl-]. The van der Waals surface area contributed by atoms with E-state index in [0.29, 0.717) is 35.3 Å². The van der Waals surface area contributed by atoms with Crippen molar-refractivity contribution in [2.24, 2.45) is 0 Å². The average Bonchev–Trinajstić information content (AvgIpc) is 2.68. The van der Waals surface area contributed by atoms with Crippen LogP contribution >= 0.6 is 23.2 Å². The number of aliphatic hydroxyl groups excluding tert-OH is 1. The first-order valence-corrected chi connectivity index (χ1v) is 9.60. The molecule has 29 heavy (non-hydrogen) atoms. The molecule has 3 aromatic carbocycles. The van der Waals surface area contributed by atoms with Gasteiger partial charge >= 0.3 is 0 Å². The molecule has 0 aliphatic rings. The number of aromatic hydroxyl groups is 1. The van der Waals surface area contributed by atoms with E-state index in [-0.39, 0.29) is 18.2 Å². The van der Waals surface area contributed by atoms with Gasteiger partial charge < -0.3 is 32.7 Å². The van der Waals surface area contributed by atoms with Gasteiger partial charge in [-0.25, -0.2) is 0 Å². The number of hydrogen-bond acceptors (Lipinski definition) is 4. The number of hydrogen-bond donors (Lipinski definition) is 3. The van der Waals surface area contributed by atoms with Crippen LogP contribution in [0.5, 0.6) is 11.5 Å². The largest absolute Gasteiger partial charge is 1.00 e. The van der Waals surface area contributed by atoms with Gasteiger partial charge in [0.1, 0.15) is 18.1 Å². The minimum Gasteiger partial charge on any atom is -1.00 e. The van der Waals surface area contributed by atoms with E-state index in [0.717, 1.165) is 16.9 Å². The average molecular weight is 454 g/mol. The van der Waals surface area contributed by atoms with E-state index in [1.807, 2.05) is 30.3 Å². The van der Waals surface area contributed by atoms with Gasteiger partial charge in [-0.3, -0.25) is 0 Å². The van der Waals surface area contributed by atoms with Crippen molar-refractivity contribution >= 4 is 23.2 Å². The van der Waals surface area contributed by atoms with E-state index in [1.54, 1.807) is 36.4 Å². The summed E-state index contributed by atoms with van der Waals surface area (Å²) in [6.07, 6.45) is -0.682. The molecular formula is C22H21Cl3NO3-. The van der Waals surface area contributed by atoms with E-state index in [9.17, 15) is 10.2 Å². The molecule has 3 aromatic rings. The number of nitrogens with one attached hydrogen (secondary N) is 1. The molecule has 0 aromatic heterocycles. The lowest BCUT2D eigenvalue weighted by Crippen LogP contribution is -3.00. The van der Waals surface area contributed by atoms with Gasteiger partial charge in [0, 0.05) is 28.7 Å². The van der Waals surface area contributed by atoms with E-state index in [1.165, 1.54) is 0 Å². The van der Waals surface area contributed by atoms with Gasteiger partial charge in [-0.2, -0.15) is 0 Å². The molecule has 0 aliphatic heterocycles. The third kappa shape index (κ3) is 7.11. The Bertz CT molecular complexity index is 919. The fourth-order valence-corrected chi connectivity index (χ4v) is 3.17. The summed E-state index contributed by atoms with van der Waals surface area (Å²) in [6.45, 7) is 1.36. The predicted octanol–water partition coefficient (Wildman–Crippen LogP) is 2.11. The smallest absolute Gasteiger partial charge is 0.119 e. The maximum atomic E-state index is 10.2. The minimum absolute atomic E-state index is 0. The van der Waals surface area contributed by atoms with E-state index >= 15 is 0 Å². The molecule has 0 radical (unpaired) electrons. The van der Waals surface area contributed by atoms with Crippen LogP contribution in [-0.4, -0.2) is 16.8 Å². The van der Waals surface area contributed by atoms with Gasteiger partial charge in [-0.05, 0) is 47.5 Å². The molecule has 1 atom stereocenters. The van der Waals surface area contributed by atoms with Gasteiger partial charge in [0.05, 0.1) is 6.10 Å². The fraction of sp³-hybridized carbons (Fsp3) is 0.182. The van der Waals surface area contributed by atoms with Crippen LogP contribution in [0.1, 0.15) is 22.8 Å². The molecule has 4 nitrogen and oxygen atoms in total. The number of benzene rings is 3. The Morgan fingerprint density at radius 2 is 1.72 bits per heavy atom. The molecule has 0 saturated carbocycles. The molecule has 3 rings (SSSR count). The number of rotatable bonds is 8. The molecule has 0 saturated heterocycles. The quantitative estimate of drug-likeness (QED) is 0.489. The van der Waals surface area contributed by atoms with Crippen LogP contribution < -0.4 is 22.5 Å². The second-order valence-electron chi connectivity index (χ2n) is 6.41. The number of halogens is 3. The van der Waals surface area contributed by atoms with E-state index in [4.69, 9.17) is 27.9 Å². The molecule has 0 fully saturated rings. The summed E-state index contributed by atoms with van der Waals surface area (Å²) in [5.41, 5.74) is 2.62. The Kier molecular flexibility index (Phi) is 9.08. The van der Waals surface area contributed by atoms with Crippen molar-refractivity contribution in [1.29, 1.82) is 0 Å². The van der Waals surface area contributed by atoms with Crippen LogP contribution in [0.3, 0.4) is 0 Å². The zero-order valence-corrected chi connectivity index (χ0v) is 17.8. The van der Waals surface area contributed by atoms with Crippen molar-refractivity contribution in [3.05, 3.63) is 93.5 Å². The van der Waals surface area contributed by atoms with Crippen molar-refractivity contribution in [2.75, 3.05) is 6.54 Å². The molecule has 0 heterocycles. The molecule has 0 aliphatic carbocycles. The first-order valence-electron chi connectivity index (χ1n) is 8.84. The van der Waals surface area contributed by atoms with Crippen LogP contribution in [0.4, 0.5) is 0 Å². The highest BCUT2D eigenvalue weighted by molar-refractivity contribution is 6.35. The Morgan fingerprint density at radius 3 is 2.41 bits per heavy atom. The third-order valence-corrected chi connectivity index (χ3v) is 4.84. The van der Waals surface area contributed by atoms with E-state index in [2.05, 4.69) is 5.32 Å². The molecule has 7 heteroatoms. The summed E-state index contributed by atoms with van der Waals surface area (Å²) < 4.78 is 5.77. The molecule has 154 valence electrons. The van der Waals surface area contributed by atoms with Gasteiger partial charge in [-0.1, -0.05) is 53.5 Å². The second kappa shape index (κ2) is 11.3. The first-order chi connectivity index (χ1) is 13.5. The lowest BCUT2D eigenvalue weighted by Gasteiger charge is -2.13. The normalized spacial score (nSPS) is 11.6. The van der Waals surface area contributed by atoms with Crippen molar-refractivity contribution in [3.8, 4) is 11.5 Å². The topological polar surface area (TPSA) is 61.7 Å². The summed E-state index contributed by atoms with van der Waals surface area (Å²) in [5, 5.41) is 24.0. The maximum absolute atomic E-state index is 10.2. The highest BCUT2D eigenvalue weighted by Gasteiger charge is 2.08. The molecule has 0 bridgehead atoms. The fourth-order valence-electron chi connectivity index (χ4n) is 2.71. The predicted molar refractivity (Wildman–Crippen MR) is 112 cm³/mol. The van der Waals surface area contributed by atoms with Crippen LogP contribution in [0.15, 0.2) is 66.7 Å². The number of ether oxygens (including phenoxy) is 1. The Balaban J connectivity index is 0.00000300. The Morgan fingerprint density at radius 1 is 0.966 bits per heavy atom. The number of phenolic OH excluding ortho intramolecular Hbond substituents is 1. The van der Waals surface area contributed by atoms with Crippen LogP contribution in [-0.2, 0) is 13.2 Å². The van der Waals surface area contributed by atoms with Gasteiger partial charge in [0.25, 0.3) is 0 Å². The standard InChI is InChI=1S/C22H21Cl2NO3.ClH/c23-18-7-6-17(21(24)11-18)14-28-20-8-4-15(5-9-20)12-25-13-22(27)16-2-1-3-19(26)10-16;/h1-11,22,25-27H,12-14H2;1H/p-1. The highest BCUT2D eigenvalue weighted by atomic mass is 35.5. The highest BCUT2D eigenvalue weighted by Crippen LogP contribution is 2.23. The second-order valence-corrected chi connectivity index (χ2v) is 7.25. The van der Waals surface area contributed by atoms with Gasteiger partial charge in [-0.15, -0.1) is 0 Å². The lowest BCUT2D eigenvalue weighted by molar-refractivity contribution is -0.00000847. The van der Waals surface area contributed by atoms with Crippen LogP contribution in [0.2, 0.25) is 10.0 Å². The van der Waals surface area contributed by atoms with Crippen molar-refractivity contribution in [2.45, 2.75) is 19.3 Å². The number of phenols is 1. The van der Waals surface area contributed by atoms with Crippen molar-refractivity contribution in [1.82, 2.24) is 5.32 Å². The van der Waals surface area contributed by atoms with Crippen LogP contribution in [0.25, 0.3) is 0 Å². The Hall–Kier alpha value is -1.95. The first kappa shape index (κ1) is 23.3. The molecule has 0 amide bonds. The van der Waals surface area contributed by atoms with Gasteiger partial charge in [0.2, 0.25) is 0 Å². The lowest BCUT2D eigenvalue weighted by atomic mass is 10.1. The zero-order valence-electron chi connectivity index (χ0n) is 15.5. The molecule has 3 N–H and O–H groups in total. The summed E-state index contributed by atoms with van der Waals surface area (Å²) in [7, 11) is 0. The van der Waals surface area contributed by atoms with Crippen molar-refractivity contribution < 1.29 is 27.4 Å². The summed E-state index contributed by atoms with van der Waals surface area (Å²) in [6, 6.07) is 19.7. The summed E-state index contributed by atoms with van der Waals surface area (Å²) >= 11 is 12.0. The summed E-state index contributed by atoms with van der Waals surface area (Å²) in [5.74, 6) is 0.890. The maximum Gasteiger partial charge on any atom is 0.119 e. The summed E-state index contributed by atoms with van der Waals surface area (Å²) in [4.78, 5) is 0. The zero-order chi connectivity index (χ0) is 19.9. The number of aliphatic hydroxyl groups is 1. The van der Waals surface area contributed by atoms with E-state index < -0.39 is 6.10 Å². The molecule has 1 unspecified atom stereocenters. The molecular weight excluding hydrogens is 433 g/mol. The Labute approximate surface area is 186 Å². The van der Waals surface area contributed by atoms with Crippen molar-refractivity contribution in [3.63, 3.8) is 0 Å². The monoisotopic (exact) mass is 452 g/mol. The molecule has 0 spiro atoms. The van der Waals surface area contributed by atoms with Gasteiger partial charge in [0.15, 0.2) is 0 Å². The van der Waals surface area contributed by atoms with Crippen LogP contribution in [0, 0.1) is 0 Å². The third-order valence-electron chi connectivity index (χ3n) is 4.25.